The Morgan fingerprint density at radius 3 is 2.80 bits per heavy atom. The van der Waals surface area contributed by atoms with Gasteiger partial charge in [0.05, 0.1) is 6.04 Å². The van der Waals surface area contributed by atoms with Gasteiger partial charge in [0, 0.05) is 6.42 Å². The highest BCUT2D eigenvalue weighted by atomic mass is 16.6. The van der Waals surface area contributed by atoms with Gasteiger partial charge in [-0.15, -0.1) is 0 Å². The number of cyclic esters (lactones) is 1. The van der Waals surface area contributed by atoms with E-state index < -0.39 is 6.09 Å². The van der Waals surface area contributed by atoms with Crippen molar-refractivity contribution >= 4 is 12.0 Å². The van der Waals surface area contributed by atoms with Gasteiger partial charge in [-0.1, -0.05) is 20.3 Å². The zero-order valence-corrected chi connectivity index (χ0v) is 9.66. The molecule has 1 heterocycles. The first-order valence-corrected chi connectivity index (χ1v) is 5.55. The van der Waals surface area contributed by atoms with Crippen molar-refractivity contribution in [2.45, 2.75) is 46.1 Å². The van der Waals surface area contributed by atoms with E-state index >= 15 is 0 Å². The molecule has 0 aliphatic carbocycles. The van der Waals surface area contributed by atoms with Crippen molar-refractivity contribution in [2.75, 3.05) is 6.61 Å². The first-order chi connectivity index (χ1) is 7.06. The number of amides is 2. The van der Waals surface area contributed by atoms with Crippen molar-refractivity contribution < 1.29 is 14.3 Å². The monoisotopic (exact) mass is 213 g/mol. The Labute approximate surface area is 90.6 Å². The van der Waals surface area contributed by atoms with Crippen LogP contribution >= 0.6 is 0 Å². The summed E-state index contributed by atoms with van der Waals surface area (Å²) < 4.78 is 4.80. The molecule has 0 N–H and O–H groups in total. The zero-order valence-electron chi connectivity index (χ0n) is 9.66. The van der Waals surface area contributed by atoms with Gasteiger partial charge in [-0.25, -0.2) is 9.69 Å². The van der Waals surface area contributed by atoms with Crippen LogP contribution in [0, 0.1) is 5.92 Å². The van der Waals surface area contributed by atoms with Crippen LogP contribution in [0.1, 0.15) is 40.0 Å². The van der Waals surface area contributed by atoms with Gasteiger partial charge in [0.2, 0.25) is 5.91 Å². The molecule has 1 unspecified atom stereocenters. The van der Waals surface area contributed by atoms with Crippen LogP contribution in [0.25, 0.3) is 0 Å². The van der Waals surface area contributed by atoms with Crippen LogP contribution < -0.4 is 0 Å². The van der Waals surface area contributed by atoms with Crippen LogP contribution in [0.4, 0.5) is 4.79 Å². The van der Waals surface area contributed by atoms with E-state index in [0.717, 1.165) is 12.8 Å². The molecule has 2 amide bonds. The Hall–Kier alpha value is -1.06. The first kappa shape index (κ1) is 12.0. The molecule has 0 aromatic carbocycles. The molecular weight excluding hydrogens is 194 g/mol. The third-order valence-electron chi connectivity index (χ3n) is 2.90. The summed E-state index contributed by atoms with van der Waals surface area (Å²) in [6.07, 6.45) is 1.85. The van der Waals surface area contributed by atoms with Gasteiger partial charge in [-0.05, 0) is 19.3 Å². The molecule has 1 rings (SSSR count). The molecule has 1 fully saturated rings. The maximum absolute atomic E-state index is 11.7. The second-order valence-electron chi connectivity index (χ2n) is 4.24. The molecule has 15 heavy (non-hydrogen) atoms. The number of hydrogen-bond acceptors (Lipinski definition) is 3. The molecule has 1 saturated heterocycles. The number of rotatable bonds is 4. The fourth-order valence-corrected chi connectivity index (χ4v) is 1.56. The molecule has 0 saturated carbocycles. The van der Waals surface area contributed by atoms with Crippen molar-refractivity contribution in [1.82, 2.24) is 4.90 Å². The molecule has 0 spiro atoms. The SMILES string of the molecule is CC[C@@H](C)CCC(=O)N1C(=O)OCC1C. The minimum Gasteiger partial charge on any atom is -0.447 e. The van der Waals surface area contributed by atoms with Crippen molar-refractivity contribution in [3.63, 3.8) is 0 Å². The Bertz CT molecular complexity index is 252. The largest absolute Gasteiger partial charge is 0.447 e. The standard InChI is InChI=1S/C11H19NO3/c1-4-8(2)5-6-10(13)12-9(3)7-15-11(12)14/h8-9H,4-7H2,1-3H3/t8-,9?/m1/s1. The lowest BCUT2D eigenvalue weighted by molar-refractivity contribution is -0.129. The quantitative estimate of drug-likeness (QED) is 0.719. The van der Waals surface area contributed by atoms with Crippen LogP contribution in [-0.4, -0.2) is 29.5 Å². The van der Waals surface area contributed by atoms with Gasteiger partial charge in [0.15, 0.2) is 0 Å². The summed E-state index contributed by atoms with van der Waals surface area (Å²) in [6, 6.07) is -0.109. The van der Waals surface area contributed by atoms with E-state index in [1.54, 1.807) is 0 Å². The average molecular weight is 213 g/mol. The summed E-state index contributed by atoms with van der Waals surface area (Å²) in [5, 5.41) is 0. The van der Waals surface area contributed by atoms with E-state index in [0.29, 0.717) is 18.9 Å². The molecule has 0 bridgehead atoms. The molecule has 4 nitrogen and oxygen atoms in total. The number of nitrogens with zero attached hydrogens (tertiary/aromatic N) is 1. The molecule has 0 aromatic heterocycles. The second kappa shape index (κ2) is 5.14. The van der Waals surface area contributed by atoms with E-state index in [4.69, 9.17) is 4.74 Å². The van der Waals surface area contributed by atoms with Crippen LogP contribution in [0.3, 0.4) is 0 Å². The highest BCUT2D eigenvalue weighted by molar-refractivity contribution is 5.93. The third kappa shape index (κ3) is 2.94. The van der Waals surface area contributed by atoms with Crippen LogP contribution in [0.15, 0.2) is 0 Å². The Kier molecular flexibility index (Phi) is 4.12. The minimum absolute atomic E-state index is 0.106. The summed E-state index contributed by atoms with van der Waals surface area (Å²) >= 11 is 0. The number of carbonyl (C=O) groups is 2. The van der Waals surface area contributed by atoms with Gasteiger partial charge < -0.3 is 4.74 Å². The van der Waals surface area contributed by atoms with E-state index in [9.17, 15) is 9.59 Å². The maximum atomic E-state index is 11.7. The predicted molar refractivity (Wildman–Crippen MR) is 56.3 cm³/mol. The van der Waals surface area contributed by atoms with Gasteiger partial charge in [-0.3, -0.25) is 4.79 Å². The van der Waals surface area contributed by atoms with E-state index in [2.05, 4.69) is 13.8 Å². The summed E-state index contributed by atoms with van der Waals surface area (Å²) in [5.74, 6) is 0.424. The van der Waals surface area contributed by atoms with Gasteiger partial charge in [0.1, 0.15) is 6.61 Å². The summed E-state index contributed by atoms with van der Waals surface area (Å²) in [5.41, 5.74) is 0. The topological polar surface area (TPSA) is 46.6 Å². The zero-order chi connectivity index (χ0) is 11.4. The summed E-state index contributed by atoms with van der Waals surface area (Å²) in [7, 11) is 0. The van der Waals surface area contributed by atoms with Crippen molar-refractivity contribution in [3.05, 3.63) is 0 Å². The maximum Gasteiger partial charge on any atom is 0.416 e. The van der Waals surface area contributed by atoms with Crippen LogP contribution in [-0.2, 0) is 9.53 Å². The minimum atomic E-state index is -0.489. The highest BCUT2D eigenvalue weighted by Crippen LogP contribution is 2.16. The number of carbonyl (C=O) groups excluding carboxylic acids is 2. The van der Waals surface area contributed by atoms with Crippen molar-refractivity contribution in [2.24, 2.45) is 5.92 Å². The highest BCUT2D eigenvalue weighted by Gasteiger charge is 2.34. The molecule has 1 aliphatic heterocycles. The summed E-state index contributed by atoms with van der Waals surface area (Å²) in [6.45, 7) is 6.36. The fourth-order valence-electron chi connectivity index (χ4n) is 1.56. The number of hydrogen-bond donors (Lipinski definition) is 0. The number of ether oxygens (including phenoxy) is 1. The van der Waals surface area contributed by atoms with Crippen LogP contribution in [0.5, 0.6) is 0 Å². The molecule has 1 aliphatic rings. The molecule has 86 valence electrons. The molecule has 0 aromatic rings. The van der Waals surface area contributed by atoms with Crippen molar-refractivity contribution in [1.29, 1.82) is 0 Å². The van der Waals surface area contributed by atoms with Crippen molar-refractivity contribution in [3.8, 4) is 0 Å². The lowest BCUT2D eigenvalue weighted by Gasteiger charge is -2.16. The second-order valence-corrected chi connectivity index (χ2v) is 4.24. The van der Waals surface area contributed by atoms with Gasteiger partial charge in [-0.2, -0.15) is 0 Å². The van der Waals surface area contributed by atoms with E-state index in [-0.39, 0.29) is 11.9 Å². The van der Waals surface area contributed by atoms with Gasteiger partial charge >= 0.3 is 6.09 Å². The Morgan fingerprint density at radius 1 is 1.67 bits per heavy atom. The third-order valence-corrected chi connectivity index (χ3v) is 2.90. The molecular formula is C11H19NO3. The van der Waals surface area contributed by atoms with E-state index in [1.165, 1.54) is 4.90 Å². The lowest BCUT2D eigenvalue weighted by Crippen LogP contribution is -2.37. The Balaban J connectivity index is 2.42. The van der Waals surface area contributed by atoms with E-state index in [1.807, 2.05) is 6.92 Å². The molecule has 0 radical (unpaired) electrons. The first-order valence-electron chi connectivity index (χ1n) is 5.55. The summed E-state index contributed by atoms with van der Waals surface area (Å²) in [4.78, 5) is 24.2. The van der Waals surface area contributed by atoms with Gasteiger partial charge in [0.25, 0.3) is 0 Å². The molecule has 4 heteroatoms. The normalized spacial score (nSPS) is 22.7. The molecule has 2 atom stereocenters. The predicted octanol–water partition coefficient (Wildman–Crippen LogP) is 2.18. The smallest absolute Gasteiger partial charge is 0.416 e. The Morgan fingerprint density at radius 2 is 2.33 bits per heavy atom. The fraction of sp³-hybridized carbons (Fsp3) is 0.818. The number of imide groups is 1. The average Bonchev–Trinajstić information content (AvgIpc) is 2.54. The van der Waals surface area contributed by atoms with Crippen LogP contribution in [0.2, 0.25) is 0 Å². The lowest BCUT2D eigenvalue weighted by atomic mass is 10.0.